The lowest BCUT2D eigenvalue weighted by Gasteiger charge is -2.13. The first kappa shape index (κ1) is 35.2. The maximum absolute atomic E-state index is 7.01. The number of aromatic nitrogens is 5. The number of nitrogens with zero attached hydrogens (tertiary/aromatic N) is 5. The molecule has 63 heavy (non-hydrogen) atoms. The van der Waals surface area contributed by atoms with Crippen molar-refractivity contribution in [1.82, 2.24) is 24.1 Å². The minimum Gasteiger partial charge on any atom is -0.455 e. The maximum Gasteiger partial charge on any atom is 0.238 e. The SMILES string of the molecule is c1ccc(-c2ccc3c(c2)oc2c(-c4nc(-c5ccccc5)nc(-n5c6ccccc6c6ccc(-c7ccccc7)cc65)n4)cc(-n4c5ccccc5c5ccccc54)cc23)cc1. The molecule has 0 fully saturated rings. The Bertz CT molecular complexity index is 3850. The molecule has 294 valence electrons. The predicted octanol–water partition coefficient (Wildman–Crippen LogP) is 14.6. The molecular weight excluding hydrogens is 771 g/mol. The number of rotatable bonds is 6. The summed E-state index contributed by atoms with van der Waals surface area (Å²) >= 11 is 0. The van der Waals surface area contributed by atoms with Gasteiger partial charge in [-0.25, -0.2) is 4.98 Å². The van der Waals surface area contributed by atoms with Gasteiger partial charge in [-0.3, -0.25) is 4.57 Å². The maximum atomic E-state index is 7.01. The van der Waals surface area contributed by atoms with E-state index in [4.69, 9.17) is 19.4 Å². The van der Waals surface area contributed by atoms with Gasteiger partial charge in [-0.1, -0.05) is 164 Å². The van der Waals surface area contributed by atoms with E-state index in [1.165, 1.54) is 10.8 Å². The summed E-state index contributed by atoms with van der Waals surface area (Å²) in [5.74, 6) is 1.60. The van der Waals surface area contributed by atoms with Crippen molar-refractivity contribution in [3.05, 3.63) is 212 Å². The number of benzene rings is 9. The van der Waals surface area contributed by atoms with E-state index in [2.05, 4.69) is 191 Å². The van der Waals surface area contributed by atoms with Crippen LogP contribution in [0.1, 0.15) is 0 Å². The van der Waals surface area contributed by atoms with Crippen molar-refractivity contribution in [2.45, 2.75) is 0 Å². The van der Waals surface area contributed by atoms with E-state index in [-0.39, 0.29) is 0 Å². The summed E-state index contributed by atoms with van der Waals surface area (Å²) in [6.45, 7) is 0. The van der Waals surface area contributed by atoms with Gasteiger partial charge < -0.3 is 8.98 Å². The third-order valence-corrected chi connectivity index (χ3v) is 12.4. The van der Waals surface area contributed by atoms with Crippen LogP contribution >= 0.6 is 0 Å². The third-order valence-electron chi connectivity index (χ3n) is 12.4. The van der Waals surface area contributed by atoms with E-state index >= 15 is 0 Å². The van der Waals surface area contributed by atoms with E-state index < -0.39 is 0 Å². The highest BCUT2D eigenvalue weighted by molar-refractivity contribution is 6.14. The molecular formula is C57H35N5O. The van der Waals surface area contributed by atoms with Crippen molar-refractivity contribution in [3.8, 4) is 56.7 Å². The fraction of sp³-hybridized carbons (Fsp3) is 0. The van der Waals surface area contributed by atoms with Crippen molar-refractivity contribution < 1.29 is 4.42 Å². The van der Waals surface area contributed by atoms with Gasteiger partial charge in [-0.2, -0.15) is 9.97 Å². The van der Waals surface area contributed by atoms with Gasteiger partial charge in [0.2, 0.25) is 5.95 Å². The molecule has 0 radical (unpaired) electrons. The van der Waals surface area contributed by atoms with Crippen molar-refractivity contribution in [3.63, 3.8) is 0 Å². The molecule has 0 unspecified atom stereocenters. The van der Waals surface area contributed by atoms with Crippen LogP contribution in [0.25, 0.3) is 122 Å². The van der Waals surface area contributed by atoms with Gasteiger partial charge in [0, 0.05) is 43.6 Å². The zero-order valence-electron chi connectivity index (χ0n) is 33.9. The molecule has 0 amide bonds. The van der Waals surface area contributed by atoms with E-state index in [1.54, 1.807) is 0 Å². The molecule has 9 aromatic carbocycles. The highest BCUT2D eigenvalue weighted by Crippen LogP contribution is 2.42. The molecule has 0 spiro atoms. The molecule has 0 N–H and O–H groups in total. The third kappa shape index (κ3) is 5.62. The van der Waals surface area contributed by atoms with Crippen LogP contribution in [0.15, 0.2) is 217 Å². The molecule has 13 aromatic rings. The van der Waals surface area contributed by atoms with Gasteiger partial charge in [0.15, 0.2) is 11.6 Å². The lowest BCUT2D eigenvalue weighted by Crippen LogP contribution is -2.07. The van der Waals surface area contributed by atoms with Crippen LogP contribution in [0.2, 0.25) is 0 Å². The van der Waals surface area contributed by atoms with Crippen LogP contribution in [-0.2, 0) is 0 Å². The molecule has 6 heteroatoms. The number of hydrogen-bond acceptors (Lipinski definition) is 4. The Morgan fingerprint density at radius 1 is 0.317 bits per heavy atom. The monoisotopic (exact) mass is 805 g/mol. The van der Waals surface area contributed by atoms with E-state index in [0.717, 1.165) is 88.3 Å². The van der Waals surface area contributed by atoms with Gasteiger partial charge in [-0.05, 0) is 70.8 Å². The van der Waals surface area contributed by atoms with Crippen molar-refractivity contribution in [2.24, 2.45) is 0 Å². The average molecular weight is 806 g/mol. The van der Waals surface area contributed by atoms with Gasteiger partial charge >= 0.3 is 0 Å². The average Bonchev–Trinajstić information content (AvgIpc) is 4.01. The highest BCUT2D eigenvalue weighted by Gasteiger charge is 2.23. The standard InChI is InChI=1S/C57H35N5O/c1-4-16-36(17-5-1)39-28-30-45-44-24-12-15-27-51(44)62(52(45)32-39)57-59-55(38-20-8-3-9-21-38)58-56(60-57)48-35-41(61-49-25-13-10-22-42(49)43-23-11-14-26-50(43)61)34-47-46-31-29-40(33-53(46)63-54(47)48)37-18-6-2-7-19-37/h1-35H. The van der Waals surface area contributed by atoms with Gasteiger partial charge in [0.1, 0.15) is 11.2 Å². The van der Waals surface area contributed by atoms with Crippen LogP contribution in [-0.4, -0.2) is 24.1 Å². The predicted molar refractivity (Wildman–Crippen MR) is 258 cm³/mol. The zero-order chi connectivity index (χ0) is 41.4. The molecule has 0 atom stereocenters. The first-order valence-corrected chi connectivity index (χ1v) is 21.2. The Labute approximate surface area is 361 Å². The minimum absolute atomic E-state index is 0.513. The smallest absolute Gasteiger partial charge is 0.238 e. The Balaban J connectivity index is 1.13. The lowest BCUT2D eigenvalue weighted by molar-refractivity contribution is 0.669. The molecule has 0 aliphatic carbocycles. The summed E-state index contributed by atoms with van der Waals surface area (Å²) in [5.41, 5.74) is 12.9. The number of fused-ring (bicyclic) bond motifs is 9. The zero-order valence-corrected chi connectivity index (χ0v) is 33.9. The quantitative estimate of drug-likeness (QED) is 0.168. The topological polar surface area (TPSA) is 61.7 Å². The molecule has 13 rings (SSSR count). The summed E-state index contributed by atoms with van der Waals surface area (Å²) in [6, 6.07) is 74.4. The van der Waals surface area contributed by atoms with Crippen molar-refractivity contribution in [1.29, 1.82) is 0 Å². The lowest BCUT2D eigenvalue weighted by atomic mass is 10.0. The molecule has 0 bridgehead atoms. The Kier molecular flexibility index (Phi) is 7.80. The second-order valence-corrected chi connectivity index (χ2v) is 16.0. The normalized spacial score (nSPS) is 11.8. The van der Waals surface area contributed by atoms with Crippen LogP contribution in [0.4, 0.5) is 0 Å². The van der Waals surface area contributed by atoms with Crippen LogP contribution in [0.5, 0.6) is 0 Å². The molecule has 6 nitrogen and oxygen atoms in total. The fourth-order valence-electron chi connectivity index (χ4n) is 9.47. The summed E-state index contributed by atoms with van der Waals surface area (Å²) in [6.07, 6.45) is 0. The summed E-state index contributed by atoms with van der Waals surface area (Å²) < 4.78 is 11.6. The number of para-hydroxylation sites is 3. The van der Waals surface area contributed by atoms with Gasteiger partial charge in [-0.15, -0.1) is 0 Å². The van der Waals surface area contributed by atoms with Gasteiger partial charge in [0.05, 0.1) is 27.6 Å². The van der Waals surface area contributed by atoms with E-state index in [9.17, 15) is 0 Å². The Morgan fingerprint density at radius 3 is 1.43 bits per heavy atom. The number of hydrogen-bond donors (Lipinski definition) is 0. The molecule has 0 saturated heterocycles. The molecule has 0 saturated carbocycles. The van der Waals surface area contributed by atoms with E-state index in [1.807, 2.05) is 30.3 Å². The summed E-state index contributed by atoms with van der Waals surface area (Å²) in [5, 5.41) is 6.62. The minimum atomic E-state index is 0.513. The molecule has 0 aliphatic rings. The first-order chi connectivity index (χ1) is 31.2. The first-order valence-electron chi connectivity index (χ1n) is 21.2. The Hall–Kier alpha value is -8.61. The van der Waals surface area contributed by atoms with E-state index in [0.29, 0.717) is 23.2 Å². The molecule has 4 aromatic heterocycles. The van der Waals surface area contributed by atoms with Crippen LogP contribution in [0, 0.1) is 0 Å². The molecule has 0 aliphatic heterocycles. The van der Waals surface area contributed by atoms with Gasteiger partial charge in [0.25, 0.3) is 0 Å². The highest BCUT2D eigenvalue weighted by atomic mass is 16.3. The second-order valence-electron chi connectivity index (χ2n) is 16.0. The fourth-order valence-corrected chi connectivity index (χ4v) is 9.47. The Morgan fingerprint density at radius 2 is 0.810 bits per heavy atom. The second kappa shape index (κ2) is 14.0. The largest absolute Gasteiger partial charge is 0.455 e. The van der Waals surface area contributed by atoms with Crippen LogP contribution < -0.4 is 0 Å². The molecule has 4 heterocycles. The summed E-state index contributed by atoms with van der Waals surface area (Å²) in [4.78, 5) is 16.1. The number of furan rings is 1. The van der Waals surface area contributed by atoms with Crippen molar-refractivity contribution >= 4 is 65.6 Å². The van der Waals surface area contributed by atoms with Crippen molar-refractivity contribution in [2.75, 3.05) is 0 Å². The van der Waals surface area contributed by atoms with Crippen LogP contribution in [0.3, 0.4) is 0 Å². The summed E-state index contributed by atoms with van der Waals surface area (Å²) in [7, 11) is 0.